The number of rotatable bonds is 6. The van der Waals surface area contributed by atoms with Crippen LogP contribution in [0.1, 0.15) is 30.1 Å². The van der Waals surface area contributed by atoms with Crippen LogP contribution in [0.25, 0.3) is 0 Å². The molecule has 6 nitrogen and oxygen atoms in total. The minimum atomic E-state index is -0.356. The molecule has 1 aliphatic carbocycles. The van der Waals surface area contributed by atoms with E-state index in [9.17, 15) is 5.11 Å². The van der Waals surface area contributed by atoms with Crippen molar-refractivity contribution in [1.82, 2.24) is 15.1 Å². The van der Waals surface area contributed by atoms with Gasteiger partial charge in [0.15, 0.2) is 5.82 Å². The van der Waals surface area contributed by atoms with Gasteiger partial charge in [-0.1, -0.05) is 11.2 Å². The highest BCUT2D eigenvalue weighted by atomic mass is 16.5. The summed E-state index contributed by atoms with van der Waals surface area (Å²) < 4.78 is 10.2. The van der Waals surface area contributed by atoms with E-state index in [4.69, 9.17) is 9.26 Å². The lowest BCUT2D eigenvalue weighted by Gasteiger charge is -2.03. The van der Waals surface area contributed by atoms with Gasteiger partial charge in [-0.15, -0.1) is 0 Å². The zero-order valence-corrected chi connectivity index (χ0v) is 11.3. The minimum Gasteiger partial charge on any atom is -0.481 e. The van der Waals surface area contributed by atoms with Gasteiger partial charge in [0.2, 0.25) is 11.8 Å². The summed E-state index contributed by atoms with van der Waals surface area (Å²) in [6.07, 6.45) is 4.57. The molecule has 3 rings (SSSR count). The maximum Gasteiger partial charge on any atom is 0.229 e. The Hall–Kier alpha value is -1.95. The summed E-state index contributed by atoms with van der Waals surface area (Å²) in [4.78, 5) is 8.43. The van der Waals surface area contributed by atoms with E-state index in [0.29, 0.717) is 36.4 Å². The second-order valence-corrected chi connectivity index (χ2v) is 5.10. The second-order valence-electron chi connectivity index (χ2n) is 5.10. The third-order valence-electron chi connectivity index (χ3n) is 3.43. The third-order valence-corrected chi connectivity index (χ3v) is 3.43. The van der Waals surface area contributed by atoms with E-state index in [-0.39, 0.29) is 6.10 Å². The van der Waals surface area contributed by atoms with E-state index in [1.54, 1.807) is 19.4 Å². The van der Waals surface area contributed by atoms with Gasteiger partial charge >= 0.3 is 0 Å². The van der Waals surface area contributed by atoms with Crippen LogP contribution in [0.3, 0.4) is 0 Å². The first-order chi connectivity index (χ1) is 9.74. The van der Waals surface area contributed by atoms with Crippen LogP contribution in [-0.2, 0) is 12.8 Å². The number of pyridine rings is 1. The molecule has 2 aromatic heterocycles. The van der Waals surface area contributed by atoms with E-state index in [2.05, 4.69) is 15.1 Å². The van der Waals surface area contributed by atoms with Crippen molar-refractivity contribution in [1.29, 1.82) is 0 Å². The molecule has 0 spiro atoms. The molecule has 6 heteroatoms. The molecule has 0 aliphatic heterocycles. The average Bonchev–Trinajstić information content (AvgIpc) is 3.23. The van der Waals surface area contributed by atoms with Gasteiger partial charge in [-0.25, -0.2) is 4.98 Å². The number of methoxy groups -OCH3 is 1. The lowest BCUT2D eigenvalue weighted by Crippen LogP contribution is -2.12. The molecule has 0 amide bonds. The van der Waals surface area contributed by atoms with E-state index in [1.807, 2.05) is 6.07 Å². The topological polar surface area (TPSA) is 81.3 Å². The number of hydrogen-bond acceptors (Lipinski definition) is 6. The highest BCUT2D eigenvalue weighted by molar-refractivity contribution is 5.20. The Labute approximate surface area is 116 Å². The number of aliphatic hydroxyl groups excluding tert-OH is 1. The van der Waals surface area contributed by atoms with E-state index >= 15 is 0 Å². The van der Waals surface area contributed by atoms with Crippen molar-refractivity contribution >= 4 is 0 Å². The van der Waals surface area contributed by atoms with Gasteiger partial charge in [-0.3, -0.25) is 0 Å². The number of aliphatic hydroxyl groups is 1. The van der Waals surface area contributed by atoms with Crippen LogP contribution in [0.2, 0.25) is 0 Å². The molecule has 1 unspecified atom stereocenters. The molecule has 0 bridgehead atoms. The fraction of sp³-hybridized carbons (Fsp3) is 0.500. The lowest BCUT2D eigenvalue weighted by molar-refractivity contribution is 0.140. The SMILES string of the molecule is COc1ccc(Cc2noc(CC(O)C3CC3)n2)cn1. The van der Waals surface area contributed by atoms with E-state index in [0.717, 1.165) is 18.4 Å². The molecule has 1 atom stereocenters. The number of hydrogen-bond donors (Lipinski definition) is 1. The van der Waals surface area contributed by atoms with Crippen molar-refractivity contribution in [2.75, 3.05) is 7.11 Å². The molecule has 1 aliphatic rings. The molecule has 20 heavy (non-hydrogen) atoms. The molecule has 1 N–H and O–H groups in total. The summed E-state index contributed by atoms with van der Waals surface area (Å²) in [6.45, 7) is 0. The average molecular weight is 275 g/mol. The number of aromatic nitrogens is 3. The summed E-state index contributed by atoms with van der Waals surface area (Å²) in [5, 5.41) is 13.8. The fourth-order valence-electron chi connectivity index (χ4n) is 2.09. The van der Waals surface area contributed by atoms with Crippen LogP contribution in [0, 0.1) is 5.92 Å². The number of nitrogens with zero attached hydrogens (tertiary/aromatic N) is 3. The maximum absolute atomic E-state index is 9.85. The monoisotopic (exact) mass is 275 g/mol. The maximum atomic E-state index is 9.85. The van der Waals surface area contributed by atoms with Crippen molar-refractivity contribution in [3.8, 4) is 5.88 Å². The van der Waals surface area contributed by atoms with Gasteiger partial charge < -0.3 is 14.4 Å². The van der Waals surface area contributed by atoms with Crippen LogP contribution < -0.4 is 4.74 Å². The van der Waals surface area contributed by atoms with Gasteiger partial charge in [0.05, 0.1) is 19.6 Å². The zero-order valence-electron chi connectivity index (χ0n) is 11.3. The van der Waals surface area contributed by atoms with Crippen molar-refractivity contribution in [2.24, 2.45) is 5.92 Å². The van der Waals surface area contributed by atoms with Crippen LogP contribution >= 0.6 is 0 Å². The van der Waals surface area contributed by atoms with Crippen LogP contribution in [0.4, 0.5) is 0 Å². The Morgan fingerprint density at radius 3 is 2.95 bits per heavy atom. The summed E-state index contributed by atoms with van der Waals surface area (Å²) in [6, 6.07) is 3.72. The first kappa shape index (κ1) is 13.1. The van der Waals surface area contributed by atoms with Crippen molar-refractivity contribution in [3.63, 3.8) is 0 Å². The molecule has 106 valence electrons. The van der Waals surface area contributed by atoms with Crippen LogP contribution in [0.5, 0.6) is 5.88 Å². The van der Waals surface area contributed by atoms with Gasteiger partial charge in [0.1, 0.15) is 0 Å². The largest absolute Gasteiger partial charge is 0.481 e. The van der Waals surface area contributed by atoms with Crippen LogP contribution in [0.15, 0.2) is 22.9 Å². The molecular formula is C14H17N3O3. The number of ether oxygens (including phenoxy) is 1. The second kappa shape index (κ2) is 5.58. The Balaban J connectivity index is 1.60. The van der Waals surface area contributed by atoms with E-state index < -0.39 is 0 Å². The molecule has 0 radical (unpaired) electrons. The quantitative estimate of drug-likeness (QED) is 0.857. The molecule has 2 heterocycles. The fourth-order valence-corrected chi connectivity index (χ4v) is 2.09. The molecule has 0 aromatic carbocycles. The predicted octanol–water partition coefficient (Wildman–Crippen LogP) is 1.38. The highest BCUT2D eigenvalue weighted by Gasteiger charge is 2.31. The van der Waals surface area contributed by atoms with Gasteiger partial charge in [0, 0.05) is 18.7 Å². The standard InChI is InChI=1S/C14H17N3O3/c1-19-13-5-2-9(8-15-13)6-12-16-14(20-17-12)7-11(18)10-3-4-10/h2,5,8,10-11,18H,3-4,6-7H2,1H3. The molecule has 1 fully saturated rings. The Morgan fingerprint density at radius 2 is 2.30 bits per heavy atom. The minimum absolute atomic E-state index is 0.356. The lowest BCUT2D eigenvalue weighted by atomic mass is 10.1. The van der Waals surface area contributed by atoms with Gasteiger partial charge in [-0.05, 0) is 24.3 Å². The van der Waals surface area contributed by atoms with Gasteiger partial charge in [0.25, 0.3) is 0 Å². The predicted molar refractivity (Wildman–Crippen MR) is 70.3 cm³/mol. The first-order valence-corrected chi connectivity index (χ1v) is 6.73. The van der Waals surface area contributed by atoms with Gasteiger partial charge in [-0.2, -0.15) is 4.98 Å². The molecule has 2 aromatic rings. The van der Waals surface area contributed by atoms with Crippen LogP contribution in [-0.4, -0.2) is 33.4 Å². The Bertz CT molecular complexity index is 563. The summed E-state index contributed by atoms with van der Waals surface area (Å²) in [5.41, 5.74) is 0.987. The first-order valence-electron chi connectivity index (χ1n) is 6.73. The zero-order chi connectivity index (χ0) is 13.9. The summed E-state index contributed by atoms with van der Waals surface area (Å²) in [7, 11) is 1.58. The summed E-state index contributed by atoms with van der Waals surface area (Å²) in [5.74, 6) is 2.10. The Kier molecular flexibility index (Phi) is 3.64. The van der Waals surface area contributed by atoms with Crippen molar-refractivity contribution in [3.05, 3.63) is 35.6 Å². The smallest absolute Gasteiger partial charge is 0.229 e. The molecule has 1 saturated carbocycles. The van der Waals surface area contributed by atoms with E-state index in [1.165, 1.54) is 0 Å². The highest BCUT2D eigenvalue weighted by Crippen LogP contribution is 2.33. The molecule has 0 saturated heterocycles. The summed E-state index contributed by atoms with van der Waals surface area (Å²) >= 11 is 0. The molecular weight excluding hydrogens is 258 g/mol. The van der Waals surface area contributed by atoms with Crippen molar-refractivity contribution in [2.45, 2.75) is 31.8 Å². The normalized spacial score (nSPS) is 16.1. The Morgan fingerprint density at radius 1 is 1.45 bits per heavy atom. The van der Waals surface area contributed by atoms with Crippen molar-refractivity contribution < 1.29 is 14.4 Å². The third kappa shape index (κ3) is 3.14.